The van der Waals surface area contributed by atoms with Gasteiger partial charge in [0.15, 0.2) is 0 Å². The monoisotopic (exact) mass is 223 g/mol. The van der Waals surface area contributed by atoms with Gasteiger partial charge in [0.05, 0.1) is 24.0 Å². The van der Waals surface area contributed by atoms with Crippen LogP contribution in [0.25, 0.3) is 0 Å². The number of aromatic amines is 1. The van der Waals surface area contributed by atoms with Crippen LogP contribution in [-0.2, 0) is 4.74 Å². The topological polar surface area (TPSA) is 58.2 Å². The number of nitrogens with one attached hydrogen (secondary N) is 1. The van der Waals surface area contributed by atoms with Gasteiger partial charge in [0.2, 0.25) is 0 Å². The zero-order valence-corrected chi connectivity index (χ0v) is 9.91. The van der Waals surface area contributed by atoms with E-state index in [2.05, 4.69) is 10.2 Å². The third-order valence-corrected chi connectivity index (χ3v) is 2.77. The number of morpholine rings is 1. The van der Waals surface area contributed by atoms with Crippen molar-refractivity contribution in [1.82, 2.24) is 15.1 Å². The Labute approximate surface area is 94.8 Å². The van der Waals surface area contributed by atoms with E-state index < -0.39 is 0 Å². The van der Waals surface area contributed by atoms with Crippen molar-refractivity contribution in [3.05, 3.63) is 17.5 Å². The molecule has 5 nitrogen and oxygen atoms in total. The van der Waals surface area contributed by atoms with Crippen LogP contribution in [0.15, 0.2) is 6.20 Å². The lowest BCUT2D eigenvalue weighted by molar-refractivity contribution is -0.0764. The molecule has 0 aliphatic carbocycles. The van der Waals surface area contributed by atoms with E-state index in [-0.39, 0.29) is 11.5 Å². The number of amides is 1. The first-order valence-corrected chi connectivity index (χ1v) is 5.43. The van der Waals surface area contributed by atoms with Crippen LogP contribution in [-0.4, -0.2) is 46.3 Å². The predicted octanol–water partition coefficient (Wildman–Crippen LogP) is 0.969. The summed E-state index contributed by atoms with van der Waals surface area (Å²) in [5, 5.41) is 6.65. The Kier molecular flexibility index (Phi) is 2.71. The van der Waals surface area contributed by atoms with E-state index in [1.165, 1.54) is 0 Å². The van der Waals surface area contributed by atoms with E-state index >= 15 is 0 Å². The van der Waals surface area contributed by atoms with Gasteiger partial charge in [0.1, 0.15) is 0 Å². The number of hydrogen-bond acceptors (Lipinski definition) is 3. The molecular formula is C11H17N3O2. The summed E-state index contributed by atoms with van der Waals surface area (Å²) in [6, 6.07) is 0. The van der Waals surface area contributed by atoms with Crippen molar-refractivity contribution in [1.29, 1.82) is 0 Å². The van der Waals surface area contributed by atoms with Gasteiger partial charge < -0.3 is 9.64 Å². The van der Waals surface area contributed by atoms with Gasteiger partial charge in [-0.2, -0.15) is 5.10 Å². The van der Waals surface area contributed by atoms with Crippen LogP contribution in [0.2, 0.25) is 0 Å². The average molecular weight is 223 g/mol. The van der Waals surface area contributed by atoms with Gasteiger partial charge >= 0.3 is 0 Å². The molecule has 0 atom stereocenters. The molecule has 1 amide bonds. The van der Waals surface area contributed by atoms with E-state index in [1.807, 2.05) is 25.7 Å². The van der Waals surface area contributed by atoms with Gasteiger partial charge in [-0.05, 0) is 20.8 Å². The molecule has 1 aromatic heterocycles. The molecule has 0 aromatic carbocycles. The highest BCUT2D eigenvalue weighted by Gasteiger charge is 2.31. The van der Waals surface area contributed by atoms with Crippen LogP contribution in [0.5, 0.6) is 0 Å². The minimum absolute atomic E-state index is 0.0302. The lowest BCUT2D eigenvalue weighted by Gasteiger charge is -2.38. The molecule has 0 radical (unpaired) electrons. The lowest BCUT2D eigenvalue weighted by Crippen LogP contribution is -2.50. The van der Waals surface area contributed by atoms with Crippen LogP contribution in [0.1, 0.15) is 29.9 Å². The highest BCUT2D eigenvalue weighted by atomic mass is 16.5. The zero-order chi connectivity index (χ0) is 11.8. The number of carbonyl (C=O) groups is 1. The molecule has 0 bridgehead atoms. The molecule has 5 heteroatoms. The molecule has 1 fully saturated rings. The molecule has 0 spiro atoms. The minimum atomic E-state index is -0.258. The Bertz CT molecular complexity index is 398. The molecule has 1 aliphatic heterocycles. The summed E-state index contributed by atoms with van der Waals surface area (Å²) >= 11 is 0. The van der Waals surface area contributed by atoms with Gasteiger partial charge in [-0.1, -0.05) is 0 Å². The molecular weight excluding hydrogens is 206 g/mol. The number of nitrogens with zero attached hydrogens (tertiary/aromatic N) is 2. The van der Waals surface area contributed by atoms with Crippen LogP contribution in [0.4, 0.5) is 0 Å². The van der Waals surface area contributed by atoms with Gasteiger partial charge in [-0.15, -0.1) is 0 Å². The molecule has 0 unspecified atom stereocenters. The van der Waals surface area contributed by atoms with Crippen LogP contribution in [0, 0.1) is 6.92 Å². The first-order valence-electron chi connectivity index (χ1n) is 5.43. The molecule has 1 aromatic rings. The van der Waals surface area contributed by atoms with Crippen LogP contribution < -0.4 is 0 Å². The average Bonchev–Trinajstić information content (AvgIpc) is 2.62. The quantitative estimate of drug-likeness (QED) is 0.771. The first kappa shape index (κ1) is 11.1. The van der Waals surface area contributed by atoms with Crippen molar-refractivity contribution in [3.8, 4) is 0 Å². The number of H-pyrrole nitrogens is 1. The lowest BCUT2D eigenvalue weighted by atomic mass is 10.1. The van der Waals surface area contributed by atoms with E-state index in [4.69, 9.17) is 4.74 Å². The van der Waals surface area contributed by atoms with Crippen molar-refractivity contribution in [3.63, 3.8) is 0 Å². The Balaban J connectivity index is 2.14. The van der Waals surface area contributed by atoms with E-state index in [0.29, 0.717) is 25.3 Å². The maximum atomic E-state index is 12.2. The van der Waals surface area contributed by atoms with Crippen molar-refractivity contribution >= 4 is 5.91 Å². The number of ether oxygens (including phenoxy) is 1. The smallest absolute Gasteiger partial charge is 0.257 e. The summed E-state index contributed by atoms with van der Waals surface area (Å²) in [6.45, 7) is 7.70. The number of hydrogen-bond donors (Lipinski definition) is 1. The maximum Gasteiger partial charge on any atom is 0.257 e. The minimum Gasteiger partial charge on any atom is -0.372 e. The molecule has 0 saturated carbocycles. The summed E-state index contributed by atoms with van der Waals surface area (Å²) in [6.07, 6.45) is 1.58. The first-order chi connectivity index (χ1) is 7.49. The van der Waals surface area contributed by atoms with Crippen molar-refractivity contribution in [2.24, 2.45) is 0 Å². The van der Waals surface area contributed by atoms with Crippen LogP contribution >= 0.6 is 0 Å². The van der Waals surface area contributed by atoms with Crippen LogP contribution in [0.3, 0.4) is 0 Å². The second-order valence-electron chi connectivity index (χ2n) is 4.74. The summed E-state index contributed by atoms with van der Waals surface area (Å²) in [7, 11) is 0. The van der Waals surface area contributed by atoms with Gasteiger partial charge in [0, 0.05) is 18.8 Å². The fraction of sp³-hybridized carbons (Fsp3) is 0.636. The predicted molar refractivity (Wildman–Crippen MR) is 59.3 cm³/mol. The standard InChI is InChI=1S/C11H17N3O2/c1-8-9(6-12-13-8)10(15)14-4-5-16-11(2,3)7-14/h6H,4-5,7H2,1-3H3,(H,12,13). The van der Waals surface area contributed by atoms with E-state index in [9.17, 15) is 4.79 Å². The highest BCUT2D eigenvalue weighted by Crippen LogP contribution is 2.18. The zero-order valence-electron chi connectivity index (χ0n) is 9.91. The third kappa shape index (κ3) is 2.09. The second kappa shape index (κ2) is 3.90. The number of aryl methyl sites for hydroxylation is 1. The number of rotatable bonds is 1. The Morgan fingerprint density at radius 2 is 2.38 bits per heavy atom. The largest absolute Gasteiger partial charge is 0.372 e. The summed E-state index contributed by atoms with van der Waals surface area (Å²) in [5.41, 5.74) is 1.21. The highest BCUT2D eigenvalue weighted by molar-refractivity contribution is 5.95. The van der Waals surface area contributed by atoms with Crippen molar-refractivity contribution < 1.29 is 9.53 Å². The van der Waals surface area contributed by atoms with Gasteiger partial charge in [-0.25, -0.2) is 0 Å². The molecule has 1 aliphatic rings. The van der Waals surface area contributed by atoms with Gasteiger partial charge in [0.25, 0.3) is 5.91 Å². The van der Waals surface area contributed by atoms with E-state index in [1.54, 1.807) is 6.20 Å². The number of carbonyl (C=O) groups excluding carboxylic acids is 1. The summed E-state index contributed by atoms with van der Waals surface area (Å²) in [5.74, 6) is 0.0302. The molecule has 1 saturated heterocycles. The summed E-state index contributed by atoms with van der Waals surface area (Å²) < 4.78 is 5.58. The van der Waals surface area contributed by atoms with Gasteiger partial charge in [-0.3, -0.25) is 9.89 Å². The Hall–Kier alpha value is -1.36. The summed E-state index contributed by atoms with van der Waals surface area (Å²) in [4.78, 5) is 14.0. The molecule has 88 valence electrons. The Morgan fingerprint density at radius 3 is 2.94 bits per heavy atom. The fourth-order valence-corrected chi connectivity index (χ4v) is 1.93. The second-order valence-corrected chi connectivity index (χ2v) is 4.74. The van der Waals surface area contributed by atoms with Crippen molar-refractivity contribution in [2.75, 3.05) is 19.7 Å². The number of aromatic nitrogens is 2. The molecule has 2 rings (SSSR count). The Morgan fingerprint density at radius 1 is 1.62 bits per heavy atom. The molecule has 16 heavy (non-hydrogen) atoms. The van der Waals surface area contributed by atoms with Crippen molar-refractivity contribution in [2.45, 2.75) is 26.4 Å². The third-order valence-electron chi connectivity index (χ3n) is 2.77. The molecule has 2 heterocycles. The fourth-order valence-electron chi connectivity index (χ4n) is 1.93. The van der Waals surface area contributed by atoms with E-state index in [0.717, 1.165) is 5.69 Å². The molecule has 1 N–H and O–H groups in total. The maximum absolute atomic E-state index is 12.2. The SMILES string of the molecule is Cc1[nH]ncc1C(=O)N1CCOC(C)(C)C1. The normalized spacial score (nSPS) is 19.8.